The summed E-state index contributed by atoms with van der Waals surface area (Å²) in [4.78, 5) is 12.0. The van der Waals surface area contributed by atoms with Gasteiger partial charge in [-0.05, 0) is 31.7 Å². The predicted octanol–water partition coefficient (Wildman–Crippen LogP) is 2.60. The maximum Gasteiger partial charge on any atom is 0.223 e. The van der Waals surface area contributed by atoms with Crippen LogP contribution in [0.2, 0.25) is 0 Å². The molecule has 4 heteroatoms. The second-order valence-electron chi connectivity index (χ2n) is 5.77. The molecule has 0 saturated heterocycles. The van der Waals surface area contributed by atoms with Gasteiger partial charge in [0.1, 0.15) is 0 Å². The Hall–Kier alpha value is -1.65. The minimum Gasteiger partial charge on any atom is -0.389 e. The van der Waals surface area contributed by atoms with E-state index in [0.29, 0.717) is 0 Å². The van der Waals surface area contributed by atoms with Gasteiger partial charge in [-0.3, -0.25) is 4.79 Å². The molecule has 0 spiro atoms. The highest BCUT2D eigenvalue weighted by Gasteiger charge is 2.19. The third-order valence-corrected chi connectivity index (χ3v) is 3.96. The van der Waals surface area contributed by atoms with Crippen LogP contribution in [0.3, 0.4) is 0 Å². The van der Waals surface area contributed by atoms with Crippen molar-refractivity contribution in [2.45, 2.75) is 38.4 Å². The van der Waals surface area contributed by atoms with Gasteiger partial charge in [0, 0.05) is 12.5 Å². The molecule has 0 fully saturated rings. The van der Waals surface area contributed by atoms with Gasteiger partial charge in [0.05, 0.1) is 18.8 Å². The van der Waals surface area contributed by atoms with Gasteiger partial charge in [0.25, 0.3) is 0 Å². The number of ether oxygens (including phenoxy) is 1. The lowest BCUT2D eigenvalue weighted by atomic mass is 9.94. The average Bonchev–Trinajstić information content (AvgIpc) is 2.59. The normalized spacial score (nSPS) is 20.4. The molecule has 0 radical (unpaired) electrons. The summed E-state index contributed by atoms with van der Waals surface area (Å²) < 4.78 is 5.66. The van der Waals surface area contributed by atoms with E-state index in [0.717, 1.165) is 24.8 Å². The number of allylic oxidation sites excluding steroid dienone is 2. The number of benzene rings is 1. The first-order valence-electron chi connectivity index (χ1n) is 7.94. The smallest absolute Gasteiger partial charge is 0.223 e. The Labute approximate surface area is 132 Å². The number of nitrogens with one attached hydrogen (secondary N) is 1. The number of hydrogen-bond acceptors (Lipinski definition) is 3. The van der Waals surface area contributed by atoms with Crippen molar-refractivity contribution >= 4 is 5.91 Å². The van der Waals surface area contributed by atoms with Crippen LogP contribution in [0.4, 0.5) is 0 Å². The molecule has 1 aromatic rings. The molecule has 120 valence electrons. The van der Waals surface area contributed by atoms with Crippen LogP contribution in [0.1, 0.15) is 37.9 Å². The molecule has 1 aliphatic carbocycles. The highest BCUT2D eigenvalue weighted by Crippen LogP contribution is 2.18. The molecule has 1 aliphatic rings. The molecule has 0 aliphatic heterocycles. The van der Waals surface area contributed by atoms with Crippen LogP contribution in [0.5, 0.6) is 0 Å². The van der Waals surface area contributed by atoms with E-state index < -0.39 is 6.10 Å². The van der Waals surface area contributed by atoms with Gasteiger partial charge < -0.3 is 15.2 Å². The van der Waals surface area contributed by atoms with Crippen molar-refractivity contribution in [1.82, 2.24) is 5.32 Å². The lowest BCUT2D eigenvalue weighted by molar-refractivity contribution is -0.126. The number of hydrogen-bond donors (Lipinski definition) is 2. The van der Waals surface area contributed by atoms with E-state index in [1.165, 1.54) is 0 Å². The molecule has 2 N–H and O–H groups in total. The van der Waals surface area contributed by atoms with Crippen LogP contribution in [-0.2, 0) is 9.53 Å². The van der Waals surface area contributed by atoms with Crippen molar-refractivity contribution in [1.29, 1.82) is 0 Å². The van der Waals surface area contributed by atoms with Gasteiger partial charge in [-0.2, -0.15) is 0 Å². The van der Waals surface area contributed by atoms with Gasteiger partial charge in [-0.15, -0.1) is 0 Å². The Morgan fingerprint density at radius 3 is 2.82 bits per heavy atom. The Balaban J connectivity index is 1.66. The third-order valence-electron chi connectivity index (χ3n) is 3.96. The van der Waals surface area contributed by atoms with E-state index in [-0.39, 0.29) is 31.1 Å². The SMILES string of the molecule is C[C@H](OC[C@@H](O)CNC(=O)[C@H]1CC=CCC1)c1ccccc1. The van der Waals surface area contributed by atoms with Crippen LogP contribution in [0.25, 0.3) is 0 Å². The third kappa shape index (κ3) is 5.28. The number of aliphatic hydroxyl groups excluding tert-OH is 1. The topological polar surface area (TPSA) is 58.6 Å². The molecule has 2 rings (SSSR count). The second kappa shape index (κ2) is 8.71. The quantitative estimate of drug-likeness (QED) is 0.761. The van der Waals surface area contributed by atoms with Gasteiger partial charge in [0.2, 0.25) is 5.91 Å². The number of amides is 1. The fourth-order valence-corrected chi connectivity index (χ4v) is 2.53. The Bertz CT molecular complexity index is 486. The Morgan fingerprint density at radius 2 is 2.14 bits per heavy atom. The van der Waals surface area contributed by atoms with Crippen molar-refractivity contribution in [2.24, 2.45) is 5.92 Å². The first kappa shape index (κ1) is 16.7. The monoisotopic (exact) mass is 303 g/mol. The average molecular weight is 303 g/mol. The summed E-state index contributed by atoms with van der Waals surface area (Å²) in [6.45, 7) is 2.40. The molecule has 3 atom stereocenters. The molecule has 0 unspecified atom stereocenters. The van der Waals surface area contributed by atoms with Crippen LogP contribution >= 0.6 is 0 Å². The van der Waals surface area contributed by atoms with E-state index in [1.807, 2.05) is 37.3 Å². The van der Waals surface area contributed by atoms with Crippen molar-refractivity contribution in [3.63, 3.8) is 0 Å². The van der Waals surface area contributed by atoms with Crippen LogP contribution < -0.4 is 5.32 Å². The largest absolute Gasteiger partial charge is 0.389 e. The zero-order valence-electron chi connectivity index (χ0n) is 13.1. The van der Waals surface area contributed by atoms with Crippen LogP contribution in [-0.4, -0.2) is 30.3 Å². The lowest BCUT2D eigenvalue weighted by Gasteiger charge is -2.20. The van der Waals surface area contributed by atoms with Crippen LogP contribution in [0, 0.1) is 5.92 Å². The number of aliphatic hydroxyl groups is 1. The molecular weight excluding hydrogens is 278 g/mol. The molecule has 1 amide bonds. The van der Waals surface area contributed by atoms with Crippen molar-refractivity contribution in [3.8, 4) is 0 Å². The fraction of sp³-hybridized carbons (Fsp3) is 0.500. The summed E-state index contributed by atoms with van der Waals surface area (Å²) in [5.74, 6) is 0.0702. The molecule has 0 aromatic heterocycles. The minimum absolute atomic E-state index is 0.0273. The summed E-state index contributed by atoms with van der Waals surface area (Å²) in [5, 5.41) is 12.8. The van der Waals surface area contributed by atoms with E-state index in [2.05, 4.69) is 17.5 Å². The molecule has 4 nitrogen and oxygen atoms in total. The summed E-state index contributed by atoms with van der Waals surface area (Å²) in [7, 11) is 0. The number of carbonyl (C=O) groups excluding carboxylic acids is 1. The zero-order valence-corrected chi connectivity index (χ0v) is 13.1. The first-order chi connectivity index (χ1) is 10.7. The van der Waals surface area contributed by atoms with E-state index in [4.69, 9.17) is 4.74 Å². The summed E-state index contributed by atoms with van der Waals surface area (Å²) in [5.41, 5.74) is 1.08. The van der Waals surface area contributed by atoms with Crippen LogP contribution in [0.15, 0.2) is 42.5 Å². The van der Waals surface area contributed by atoms with Gasteiger partial charge in [-0.1, -0.05) is 42.5 Å². The summed E-state index contributed by atoms with van der Waals surface area (Å²) in [6, 6.07) is 9.88. The predicted molar refractivity (Wildman–Crippen MR) is 86.3 cm³/mol. The standard InChI is InChI=1S/C18H25NO3/c1-14(15-8-4-2-5-9-15)22-13-17(20)12-19-18(21)16-10-6-3-7-11-16/h2-6,8-9,14,16-17,20H,7,10-13H2,1H3,(H,19,21)/t14-,16-,17-/m0/s1. The summed E-state index contributed by atoms with van der Waals surface area (Å²) in [6.07, 6.45) is 6.04. The number of carbonyl (C=O) groups is 1. The molecule has 0 bridgehead atoms. The molecular formula is C18H25NO3. The molecule has 0 saturated carbocycles. The van der Waals surface area contributed by atoms with Gasteiger partial charge in [-0.25, -0.2) is 0 Å². The highest BCUT2D eigenvalue weighted by atomic mass is 16.5. The molecule has 0 heterocycles. The van der Waals surface area contributed by atoms with Crippen molar-refractivity contribution in [3.05, 3.63) is 48.0 Å². The Morgan fingerprint density at radius 1 is 1.36 bits per heavy atom. The molecule has 22 heavy (non-hydrogen) atoms. The zero-order chi connectivity index (χ0) is 15.8. The fourth-order valence-electron chi connectivity index (χ4n) is 2.53. The van der Waals surface area contributed by atoms with E-state index in [9.17, 15) is 9.90 Å². The van der Waals surface area contributed by atoms with Gasteiger partial charge in [0.15, 0.2) is 0 Å². The minimum atomic E-state index is -0.686. The Kier molecular flexibility index (Phi) is 6.62. The van der Waals surface area contributed by atoms with Crippen molar-refractivity contribution in [2.75, 3.05) is 13.2 Å². The maximum atomic E-state index is 12.0. The maximum absolute atomic E-state index is 12.0. The second-order valence-corrected chi connectivity index (χ2v) is 5.77. The number of rotatable bonds is 7. The van der Waals surface area contributed by atoms with E-state index >= 15 is 0 Å². The van der Waals surface area contributed by atoms with Crippen molar-refractivity contribution < 1.29 is 14.6 Å². The molecule has 1 aromatic carbocycles. The highest BCUT2D eigenvalue weighted by molar-refractivity contribution is 5.78. The summed E-state index contributed by atoms with van der Waals surface area (Å²) >= 11 is 0. The van der Waals surface area contributed by atoms with Gasteiger partial charge >= 0.3 is 0 Å². The van der Waals surface area contributed by atoms with E-state index in [1.54, 1.807) is 0 Å². The first-order valence-corrected chi connectivity index (χ1v) is 7.94. The lowest BCUT2D eigenvalue weighted by Crippen LogP contribution is -2.38.